The summed E-state index contributed by atoms with van der Waals surface area (Å²) in [6.07, 6.45) is 2.78. The predicted octanol–water partition coefficient (Wildman–Crippen LogP) is 2.69. The zero-order valence-corrected chi connectivity index (χ0v) is 17.9. The summed E-state index contributed by atoms with van der Waals surface area (Å²) in [6, 6.07) is 13.9. The fraction of sp³-hybridized carbons (Fsp3) is 0.318. The van der Waals surface area contributed by atoms with Crippen molar-refractivity contribution in [1.29, 1.82) is 0 Å². The average molecular weight is 431 g/mol. The van der Waals surface area contributed by atoms with Crippen LogP contribution in [0.2, 0.25) is 0 Å². The van der Waals surface area contributed by atoms with Gasteiger partial charge in [-0.2, -0.15) is 4.31 Å². The maximum atomic E-state index is 12.5. The molecule has 160 valence electrons. The maximum Gasteiger partial charge on any atom is 0.244 e. The van der Waals surface area contributed by atoms with Crippen molar-refractivity contribution < 1.29 is 22.7 Å². The first-order valence-electron chi connectivity index (χ1n) is 9.88. The van der Waals surface area contributed by atoms with Crippen molar-refractivity contribution in [2.24, 2.45) is 0 Å². The van der Waals surface area contributed by atoms with Crippen molar-refractivity contribution in [1.82, 2.24) is 9.62 Å². The molecule has 0 aromatic heterocycles. The Kier molecular flexibility index (Phi) is 7.12. The Hall–Kier alpha value is -2.84. The largest absolute Gasteiger partial charge is 0.486 e. The second-order valence-electron chi connectivity index (χ2n) is 6.73. The normalized spacial score (nSPS) is 16.0. The lowest BCUT2D eigenvalue weighted by Crippen LogP contribution is -2.40. The molecule has 0 aliphatic carbocycles. The Labute approximate surface area is 177 Å². The standard InChI is InChI=1S/C22H26N2O5S/c1-3-24(4-2)30(26,27)19-12-9-17(10-13-19)11-14-22(25)23-15-18-16-28-20-7-5-6-8-21(20)29-18/h5-14,18H,3-4,15-16H2,1-2H3,(H,23,25)/b14-11+. The zero-order valence-electron chi connectivity index (χ0n) is 17.1. The van der Waals surface area contributed by atoms with Gasteiger partial charge < -0.3 is 14.8 Å². The number of para-hydroxylation sites is 2. The summed E-state index contributed by atoms with van der Waals surface area (Å²) in [5, 5.41) is 2.79. The molecular formula is C22H26N2O5S. The van der Waals surface area contributed by atoms with E-state index in [4.69, 9.17) is 9.47 Å². The van der Waals surface area contributed by atoms with Gasteiger partial charge in [0.15, 0.2) is 11.5 Å². The van der Waals surface area contributed by atoms with Crippen LogP contribution in [0.15, 0.2) is 59.5 Å². The first-order valence-corrected chi connectivity index (χ1v) is 11.3. The van der Waals surface area contributed by atoms with E-state index in [1.807, 2.05) is 24.3 Å². The third-order valence-electron chi connectivity index (χ3n) is 4.72. The van der Waals surface area contributed by atoms with Crippen LogP contribution in [0, 0.1) is 0 Å². The zero-order chi connectivity index (χ0) is 21.6. The highest BCUT2D eigenvalue weighted by Crippen LogP contribution is 2.30. The van der Waals surface area contributed by atoms with E-state index in [1.54, 1.807) is 44.2 Å². The van der Waals surface area contributed by atoms with Gasteiger partial charge in [0.2, 0.25) is 15.9 Å². The van der Waals surface area contributed by atoms with Crippen molar-refractivity contribution in [2.75, 3.05) is 26.2 Å². The Morgan fingerprint density at radius 1 is 1.10 bits per heavy atom. The molecule has 7 nitrogen and oxygen atoms in total. The number of hydrogen-bond donors (Lipinski definition) is 1. The minimum absolute atomic E-state index is 0.238. The number of carbonyl (C=O) groups is 1. The summed E-state index contributed by atoms with van der Waals surface area (Å²) in [6.45, 7) is 5.13. The van der Waals surface area contributed by atoms with Crippen LogP contribution in [0.4, 0.5) is 0 Å². The van der Waals surface area contributed by atoms with Crippen LogP contribution in [0.3, 0.4) is 0 Å². The van der Waals surface area contributed by atoms with Gasteiger partial charge in [-0.15, -0.1) is 0 Å². The van der Waals surface area contributed by atoms with Gasteiger partial charge in [-0.3, -0.25) is 4.79 Å². The third-order valence-corrected chi connectivity index (χ3v) is 6.79. The SMILES string of the molecule is CCN(CC)S(=O)(=O)c1ccc(/C=C/C(=O)NCC2COc3ccccc3O2)cc1. The number of amides is 1. The lowest BCUT2D eigenvalue weighted by molar-refractivity contribution is -0.116. The summed E-state index contributed by atoms with van der Waals surface area (Å²) >= 11 is 0. The van der Waals surface area contributed by atoms with E-state index in [9.17, 15) is 13.2 Å². The average Bonchev–Trinajstić information content (AvgIpc) is 2.77. The molecule has 2 aromatic rings. The van der Waals surface area contributed by atoms with E-state index in [-0.39, 0.29) is 16.9 Å². The van der Waals surface area contributed by atoms with Gasteiger partial charge >= 0.3 is 0 Å². The number of carbonyl (C=O) groups excluding carboxylic acids is 1. The highest BCUT2D eigenvalue weighted by atomic mass is 32.2. The molecule has 1 atom stereocenters. The van der Waals surface area contributed by atoms with Crippen LogP contribution in [-0.2, 0) is 14.8 Å². The monoisotopic (exact) mass is 430 g/mol. The summed E-state index contributed by atoms with van der Waals surface area (Å²) in [5.41, 5.74) is 0.731. The van der Waals surface area contributed by atoms with Crippen LogP contribution in [0.1, 0.15) is 19.4 Å². The van der Waals surface area contributed by atoms with E-state index in [0.717, 1.165) is 5.56 Å². The topological polar surface area (TPSA) is 84.9 Å². The van der Waals surface area contributed by atoms with Crippen LogP contribution in [-0.4, -0.2) is 51.0 Å². The lowest BCUT2D eigenvalue weighted by Gasteiger charge is -2.26. The molecule has 0 saturated carbocycles. The fourth-order valence-electron chi connectivity index (χ4n) is 3.07. The second kappa shape index (κ2) is 9.77. The summed E-state index contributed by atoms with van der Waals surface area (Å²) < 4.78 is 37.8. The molecule has 1 unspecified atom stereocenters. The number of nitrogens with zero attached hydrogens (tertiary/aromatic N) is 1. The number of hydrogen-bond acceptors (Lipinski definition) is 5. The van der Waals surface area contributed by atoms with Crippen molar-refractivity contribution >= 4 is 22.0 Å². The molecule has 0 spiro atoms. The molecule has 1 N–H and O–H groups in total. The Balaban J connectivity index is 1.53. The fourth-order valence-corrected chi connectivity index (χ4v) is 4.53. The minimum atomic E-state index is -3.49. The summed E-state index contributed by atoms with van der Waals surface area (Å²) in [7, 11) is -3.49. The van der Waals surface area contributed by atoms with E-state index in [2.05, 4.69) is 5.32 Å². The molecule has 0 bridgehead atoms. The van der Waals surface area contributed by atoms with Crippen molar-refractivity contribution in [3.63, 3.8) is 0 Å². The second-order valence-corrected chi connectivity index (χ2v) is 8.67. The van der Waals surface area contributed by atoms with E-state index >= 15 is 0 Å². The summed E-state index contributed by atoms with van der Waals surface area (Å²) in [5.74, 6) is 1.10. The highest BCUT2D eigenvalue weighted by Gasteiger charge is 2.21. The highest BCUT2D eigenvalue weighted by molar-refractivity contribution is 7.89. The van der Waals surface area contributed by atoms with Gasteiger partial charge in [0.1, 0.15) is 12.7 Å². The molecule has 0 saturated heterocycles. The molecule has 3 rings (SSSR count). The number of rotatable bonds is 8. The lowest BCUT2D eigenvalue weighted by atomic mass is 10.2. The van der Waals surface area contributed by atoms with Crippen molar-refractivity contribution in [2.45, 2.75) is 24.8 Å². The van der Waals surface area contributed by atoms with Gasteiger partial charge in [-0.25, -0.2) is 8.42 Å². The molecule has 30 heavy (non-hydrogen) atoms. The Bertz CT molecular complexity index is 998. The number of sulfonamides is 1. The molecule has 8 heteroatoms. The van der Waals surface area contributed by atoms with Crippen LogP contribution >= 0.6 is 0 Å². The van der Waals surface area contributed by atoms with Crippen LogP contribution in [0.25, 0.3) is 6.08 Å². The van der Waals surface area contributed by atoms with Gasteiger partial charge in [-0.1, -0.05) is 38.1 Å². The first kappa shape index (κ1) is 21.9. The van der Waals surface area contributed by atoms with Gasteiger partial charge in [0.05, 0.1) is 11.4 Å². The Morgan fingerprint density at radius 3 is 2.43 bits per heavy atom. The summed E-state index contributed by atoms with van der Waals surface area (Å²) in [4.78, 5) is 12.3. The molecule has 1 amide bonds. The van der Waals surface area contributed by atoms with E-state index < -0.39 is 10.0 Å². The molecular weight excluding hydrogens is 404 g/mol. The Morgan fingerprint density at radius 2 is 1.77 bits per heavy atom. The van der Waals surface area contributed by atoms with Gasteiger partial charge in [0, 0.05) is 19.2 Å². The molecule has 2 aromatic carbocycles. The maximum absolute atomic E-state index is 12.5. The van der Waals surface area contributed by atoms with E-state index in [0.29, 0.717) is 37.7 Å². The molecule has 1 aliphatic rings. The van der Waals surface area contributed by atoms with E-state index in [1.165, 1.54) is 10.4 Å². The molecule has 0 fully saturated rings. The van der Waals surface area contributed by atoms with Crippen molar-refractivity contribution in [3.8, 4) is 11.5 Å². The molecule has 1 heterocycles. The van der Waals surface area contributed by atoms with Crippen LogP contribution in [0.5, 0.6) is 11.5 Å². The number of fused-ring (bicyclic) bond motifs is 1. The third kappa shape index (κ3) is 5.20. The smallest absolute Gasteiger partial charge is 0.244 e. The molecule has 1 aliphatic heterocycles. The number of nitrogens with one attached hydrogen (secondary N) is 1. The number of benzene rings is 2. The van der Waals surface area contributed by atoms with Gasteiger partial charge in [-0.05, 0) is 35.9 Å². The molecule has 0 radical (unpaired) electrons. The quantitative estimate of drug-likeness (QED) is 0.651. The van der Waals surface area contributed by atoms with Crippen LogP contribution < -0.4 is 14.8 Å². The minimum Gasteiger partial charge on any atom is -0.486 e. The van der Waals surface area contributed by atoms with Gasteiger partial charge in [0.25, 0.3) is 0 Å². The predicted molar refractivity (Wildman–Crippen MR) is 115 cm³/mol. The first-order chi connectivity index (χ1) is 14.4. The number of ether oxygens (including phenoxy) is 2. The van der Waals surface area contributed by atoms with Crippen molar-refractivity contribution in [3.05, 3.63) is 60.2 Å².